The molecule has 0 saturated heterocycles. The molecular formula is C25H27N5O. The van der Waals surface area contributed by atoms with Crippen molar-refractivity contribution in [3.8, 4) is 0 Å². The van der Waals surface area contributed by atoms with Gasteiger partial charge in [0.15, 0.2) is 5.65 Å². The van der Waals surface area contributed by atoms with Crippen LogP contribution >= 0.6 is 0 Å². The van der Waals surface area contributed by atoms with Crippen molar-refractivity contribution in [2.24, 2.45) is 0 Å². The third-order valence-corrected chi connectivity index (χ3v) is 5.25. The van der Waals surface area contributed by atoms with Crippen LogP contribution in [0.3, 0.4) is 0 Å². The Morgan fingerprint density at radius 2 is 1.58 bits per heavy atom. The third kappa shape index (κ3) is 5.28. The van der Waals surface area contributed by atoms with Crippen molar-refractivity contribution in [3.63, 3.8) is 0 Å². The molecular weight excluding hydrogens is 386 g/mol. The number of benzene rings is 2. The van der Waals surface area contributed by atoms with Crippen LogP contribution in [-0.4, -0.2) is 27.1 Å². The van der Waals surface area contributed by atoms with Gasteiger partial charge in [0.25, 0.3) is 0 Å². The van der Waals surface area contributed by atoms with Gasteiger partial charge in [0.1, 0.15) is 11.3 Å². The molecule has 6 heteroatoms. The van der Waals surface area contributed by atoms with Crippen molar-refractivity contribution in [2.75, 3.05) is 6.54 Å². The van der Waals surface area contributed by atoms with E-state index in [4.69, 9.17) is 4.98 Å². The molecule has 158 valence electrons. The first-order valence-corrected chi connectivity index (χ1v) is 10.5. The quantitative estimate of drug-likeness (QED) is 0.478. The lowest BCUT2D eigenvalue weighted by Gasteiger charge is -2.11. The molecule has 4 aromatic rings. The van der Waals surface area contributed by atoms with Crippen LogP contribution in [-0.2, 0) is 19.5 Å². The van der Waals surface area contributed by atoms with Crippen LogP contribution in [0.5, 0.6) is 0 Å². The third-order valence-electron chi connectivity index (χ3n) is 5.25. The van der Waals surface area contributed by atoms with Gasteiger partial charge in [0, 0.05) is 25.7 Å². The van der Waals surface area contributed by atoms with Crippen molar-refractivity contribution in [2.45, 2.75) is 33.4 Å². The summed E-state index contributed by atoms with van der Waals surface area (Å²) in [5, 5.41) is 5.83. The van der Waals surface area contributed by atoms with Crippen molar-refractivity contribution in [3.05, 3.63) is 94.9 Å². The Morgan fingerprint density at radius 3 is 2.29 bits per heavy atom. The largest absolute Gasteiger partial charge is 0.338 e. The van der Waals surface area contributed by atoms with E-state index in [1.807, 2.05) is 43.3 Å². The standard InChI is InChI=1S/C25H27N5O/c1-18-5-9-20(10-6-18)16-28-25(31)27-15-13-23-29-22-4-3-14-26-24(22)30(23)17-21-11-7-19(2)8-12-21/h3-12,14H,13,15-17H2,1-2H3,(H2,27,28,31). The fourth-order valence-electron chi connectivity index (χ4n) is 3.48. The summed E-state index contributed by atoms with van der Waals surface area (Å²) in [5.41, 5.74) is 6.44. The average Bonchev–Trinajstić information content (AvgIpc) is 3.12. The summed E-state index contributed by atoms with van der Waals surface area (Å²) in [7, 11) is 0. The number of nitrogens with one attached hydrogen (secondary N) is 2. The molecule has 31 heavy (non-hydrogen) atoms. The highest BCUT2D eigenvalue weighted by Crippen LogP contribution is 2.16. The van der Waals surface area contributed by atoms with Gasteiger partial charge in [-0.05, 0) is 37.1 Å². The molecule has 0 fully saturated rings. The lowest BCUT2D eigenvalue weighted by Crippen LogP contribution is -2.36. The molecule has 0 radical (unpaired) electrons. The van der Waals surface area contributed by atoms with Crippen LogP contribution in [0.2, 0.25) is 0 Å². The number of aryl methyl sites for hydroxylation is 2. The summed E-state index contributed by atoms with van der Waals surface area (Å²) in [5.74, 6) is 0.910. The van der Waals surface area contributed by atoms with E-state index in [9.17, 15) is 4.79 Å². The van der Waals surface area contributed by atoms with Crippen LogP contribution in [0.4, 0.5) is 4.79 Å². The SMILES string of the molecule is Cc1ccc(CNC(=O)NCCc2nc3cccnc3n2Cc2ccc(C)cc2)cc1. The monoisotopic (exact) mass is 413 g/mol. The second-order valence-electron chi connectivity index (χ2n) is 7.79. The average molecular weight is 414 g/mol. The molecule has 6 nitrogen and oxygen atoms in total. The number of aromatic nitrogens is 3. The number of imidazole rings is 1. The van der Waals surface area contributed by atoms with E-state index >= 15 is 0 Å². The first-order chi connectivity index (χ1) is 15.1. The van der Waals surface area contributed by atoms with Crippen LogP contribution in [0, 0.1) is 13.8 Å². The van der Waals surface area contributed by atoms with Crippen LogP contribution in [0.25, 0.3) is 11.2 Å². The van der Waals surface area contributed by atoms with Gasteiger partial charge in [0.2, 0.25) is 0 Å². The lowest BCUT2D eigenvalue weighted by atomic mass is 10.1. The Kier molecular flexibility index (Phi) is 6.26. The maximum Gasteiger partial charge on any atom is 0.315 e. The highest BCUT2D eigenvalue weighted by atomic mass is 16.2. The smallest absolute Gasteiger partial charge is 0.315 e. The number of hydrogen-bond donors (Lipinski definition) is 2. The van der Waals surface area contributed by atoms with Crippen molar-refractivity contribution in [1.29, 1.82) is 0 Å². The van der Waals surface area contributed by atoms with Gasteiger partial charge < -0.3 is 15.2 Å². The van der Waals surface area contributed by atoms with E-state index in [0.717, 1.165) is 22.6 Å². The molecule has 4 rings (SSSR count). The minimum atomic E-state index is -0.181. The van der Waals surface area contributed by atoms with E-state index in [2.05, 4.69) is 51.4 Å². The van der Waals surface area contributed by atoms with Crippen molar-refractivity contribution in [1.82, 2.24) is 25.2 Å². The molecule has 0 saturated carbocycles. The number of fused-ring (bicyclic) bond motifs is 1. The van der Waals surface area contributed by atoms with Crippen LogP contribution < -0.4 is 10.6 Å². The molecule has 0 aliphatic heterocycles. The van der Waals surface area contributed by atoms with E-state index < -0.39 is 0 Å². The van der Waals surface area contributed by atoms with Crippen molar-refractivity contribution >= 4 is 17.2 Å². The fraction of sp³-hybridized carbons (Fsp3) is 0.240. The number of hydrogen-bond acceptors (Lipinski definition) is 3. The fourth-order valence-corrected chi connectivity index (χ4v) is 3.48. The van der Waals surface area contributed by atoms with Crippen LogP contribution in [0.15, 0.2) is 66.9 Å². The second-order valence-corrected chi connectivity index (χ2v) is 7.79. The van der Waals surface area contributed by atoms with Crippen LogP contribution in [0.1, 0.15) is 28.1 Å². The summed E-state index contributed by atoms with van der Waals surface area (Å²) >= 11 is 0. The highest BCUT2D eigenvalue weighted by molar-refractivity contribution is 5.74. The van der Waals surface area contributed by atoms with Gasteiger partial charge in [-0.3, -0.25) is 0 Å². The highest BCUT2D eigenvalue weighted by Gasteiger charge is 2.12. The number of urea groups is 1. The molecule has 2 aromatic carbocycles. The normalized spacial score (nSPS) is 10.9. The molecule has 0 aliphatic rings. The predicted molar refractivity (Wildman–Crippen MR) is 123 cm³/mol. The van der Waals surface area contributed by atoms with Gasteiger partial charge in [-0.25, -0.2) is 14.8 Å². The topological polar surface area (TPSA) is 71.8 Å². The molecule has 0 atom stereocenters. The van der Waals surface area contributed by atoms with E-state index in [1.165, 1.54) is 16.7 Å². The Hall–Kier alpha value is -3.67. The minimum Gasteiger partial charge on any atom is -0.338 e. The lowest BCUT2D eigenvalue weighted by molar-refractivity contribution is 0.240. The Bertz CT molecular complexity index is 1160. The van der Waals surface area contributed by atoms with Gasteiger partial charge in [-0.15, -0.1) is 0 Å². The van der Waals surface area contributed by atoms with Gasteiger partial charge >= 0.3 is 6.03 Å². The second kappa shape index (κ2) is 9.43. The number of nitrogens with zero attached hydrogens (tertiary/aromatic N) is 3. The Labute approximate surface area is 182 Å². The summed E-state index contributed by atoms with van der Waals surface area (Å²) in [6.07, 6.45) is 2.41. The zero-order chi connectivity index (χ0) is 21.6. The zero-order valence-electron chi connectivity index (χ0n) is 17.9. The molecule has 2 N–H and O–H groups in total. The van der Waals surface area contributed by atoms with Crippen molar-refractivity contribution < 1.29 is 4.79 Å². The first kappa shape index (κ1) is 20.6. The number of pyridine rings is 1. The number of rotatable bonds is 7. The Morgan fingerprint density at radius 1 is 0.903 bits per heavy atom. The molecule has 0 aliphatic carbocycles. The van der Waals surface area contributed by atoms with E-state index in [0.29, 0.717) is 26.1 Å². The van der Waals surface area contributed by atoms with Gasteiger partial charge in [-0.1, -0.05) is 59.7 Å². The summed E-state index contributed by atoms with van der Waals surface area (Å²) in [6, 6.07) is 20.3. The molecule has 2 heterocycles. The summed E-state index contributed by atoms with van der Waals surface area (Å²) < 4.78 is 2.13. The summed E-state index contributed by atoms with van der Waals surface area (Å²) in [4.78, 5) is 21.5. The molecule has 2 aromatic heterocycles. The number of amides is 2. The number of carbonyl (C=O) groups is 1. The first-order valence-electron chi connectivity index (χ1n) is 10.5. The number of carbonyl (C=O) groups excluding carboxylic acids is 1. The molecule has 0 unspecified atom stereocenters. The summed E-state index contributed by atoms with van der Waals surface area (Å²) in [6.45, 7) is 5.83. The molecule has 0 bridgehead atoms. The zero-order valence-corrected chi connectivity index (χ0v) is 17.9. The Balaban J connectivity index is 1.39. The predicted octanol–water partition coefficient (Wildman–Crippen LogP) is 4.14. The molecule has 2 amide bonds. The molecule has 0 spiro atoms. The van der Waals surface area contributed by atoms with Gasteiger partial charge in [-0.2, -0.15) is 0 Å². The maximum absolute atomic E-state index is 12.2. The minimum absolute atomic E-state index is 0.181. The van der Waals surface area contributed by atoms with E-state index in [-0.39, 0.29) is 6.03 Å². The maximum atomic E-state index is 12.2. The van der Waals surface area contributed by atoms with E-state index in [1.54, 1.807) is 6.20 Å². The van der Waals surface area contributed by atoms with Gasteiger partial charge in [0.05, 0.1) is 6.54 Å².